The van der Waals surface area contributed by atoms with Gasteiger partial charge in [0.05, 0.1) is 12.6 Å². The Labute approximate surface area is 181 Å². The minimum absolute atomic E-state index is 0.0294. The number of hydrogen-bond acceptors (Lipinski definition) is 4. The van der Waals surface area contributed by atoms with Crippen molar-refractivity contribution in [2.75, 3.05) is 19.7 Å². The van der Waals surface area contributed by atoms with Gasteiger partial charge in [-0.1, -0.05) is 18.5 Å². The highest BCUT2D eigenvalue weighted by molar-refractivity contribution is 7.10. The maximum atomic E-state index is 13.2. The van der Waals surface area contributed by atoms with Crippen molar-refractivity contribution in [3.8, 4) is 5.75 Å². The average molecular weight is 435 g/mol. The summed E-state index contributed by atoms with van der Waals surface area (Å²) in [5.41, 5.74) is 1.14. The van der Waals surface area contributed by atoms with Crippen LogP contribution in [0.1, 0.15) is 43.7 Å². The van der Waals surface area contributed by atoms with Crippen molar-refractivity contribution in [3.63, 3.8) is 0 Å². The fourth-order valence-electron chi connectivity index (χ4n) is 3.62. The Balaban J connectivity index is 1.77. The van der Waals surface area contributed by atoms with Crippen molar-refractivity contribution in [1.82, 2.24) is 9.80 Å². The first-order chi connectivity index (χ1) is 13.9. The van der Waals surface area contributed by atoms with E-state index >= 15 is 0 Å². The maximum absolute atomic E-state index is 13.2. The van der Waals surface area contributed by atoms with Crippen molar-refractivity contribution < 1.29 is 14.3 Å². The van der Waals surface area contributed by atoms with E-state index in [1.165, 1.54) is 11.8 Å². The second-order valence-corrected chi connectivity index (χ2v) is 8.76. The summed E-state index contributed by atoms with van der Waals surface area (Å²) in [4.78, 5) is 30.1. The first-order valence-electron chi connectivity index (χ1n) is 9.92. The zero-order chi connectivity index (χ0) is 21.0. The molecule has 0 N–H and O–H groups in total. The third-order valence-corrected chi connectivity index (χ3v) is 6.72. The van der Waals surface area contributed by atoms with Crippen molar-refractivity contribution in [2.45, 2.75) is 45.7 Å². The number of hydrogen-bond donors (Lipinski definition) is 0. The summed E-state index contributed by atoms with van der Waals surface area (Å²) in [5, 5.41) is 2.72. The Bertz CT molecular complexity index is 852. The lowest BCUT2D eigenvalue weighted by Gasteiger charge is -2.37. The van der Waals surface area contributed by atoms with Gasteiger partial charge in [0.15, 0.2) is 0 Å². The minimum atomic E-state index is -0.168. The van der Waals surface area contributed by atoms with E-state index in [-0.39, 0.29) is 30.4 Å². The molecular weight excluding hydrogens is 408 g/mol. The fraction of sp³-hybridized carbons (Fsp3) is 0.455. The molecule has 0 saturated heterocycles. The quantitative estimate of drug-likeness (QED) is 0.642. The van der Waals surface area contributed by atoms with Gasteiger partial charge < -0.3 is 14.5 Å². The van der Waals surface area contributed by atoms with Gasteiger partial charge >= 0.3 is 0 Å². The van der Waals surface area contributed by atoms with Crippen LogP contribution in [0.3, 0.4) is 0 Å². The van der Waals surface area contributed by atoms with Crippen LogP contribution in [0.5, 0.6) is 5.75 Å². The number of ether oxygens (including phenoxy) is 1. The van der Waals surface area contributed by atoms with Crippen LogP contribution in [0, 0.1) is 0 Å². The number of fused-ring (bicyclic) bond motifs is 1. The largest absolute Gasteiger partial charge is 0.491 e. The second-order valence-electron chi connectivity index (χ2n) is 7.32. The van der Waals surface area contributed by atoms with E-state index in [1.54, 1.807) is 28.4 Å². The summed E-state index contributed by atoms with van der Waals surface area (Å²) in [6.07, 6.45) is 1.64. The van der Waals surface area contributed by atoms with Crippen LogP contribution in [0.2, 0.25) is 5.02 Å². The first-order valence-corrected chi connectivity index (χ1v) is 11.2. The smallest absolute Gasteiger partial charge is 0.242 e. The zero-order valence-corrected chi connectivity index (χ0v) is 18.6. The molecule has 0 radical (unpaired) electrons. The predicted molar refractivity (Wildman–Crippen MR) is 117 cm³/mol. The molecule has 3 rings (SSSR count). The summed E-state index contributed by atoms with van der Waals surface area (Å²) >= 11 is 7.67. The Hall–Kier alpha value is -2.05. The minimum Gasteiger partial charge on any atom is -0.491 e. The first kappa shape index (κ1) is 21.7. The van der Waals surface area contributed by atoms with E-state index in [0.29, 0.717) is 23.9 Å². The summed E-state index contributed by atoms with van der Waals surface area (Å²) < 4.78 is 6.00. The predicted octanol–water partition coefficient (Wildman–Crippen LogP) is 4.55. The molecule has 1 aromatic heterocycles. The number of nitrogens with zero attached hydrogens (tertiary/aromatic N) is 2. The van der Waals surface area contributed by atoms with Gasteiger partial charge in [0, 0.05) is 29.4 Å². The number of rotatable bonds is 7. The normalized spacial score (nSPS) is 16.8. The lowest BCUT2D eigenvalue weighted by atomic mass is 10.00. The molecular formula is C22H27ClN2O3S. The molecule has 7 heteroatoms. The lowest BCUT2D eigenvalue weighted by molar-refractivity contribution is -0.143. The third kappa shape index (κ3) is 5.11. The Morgan fingerprint density at radius 1 is 1.31 bits per heavy atom. The van der Waals surface area contributed by atoms with Crippen molar-refractivity contribution >= 4 is 34.8 Å². The van der Waals surface area contributed by atoms with Gasteiger partial charge in [-0.15, -0.1) is 11.3 Å². The molecule has 2 aromatic rings. The Kier molecular flexibility index (Phi) is 7.19. The SMILES string of the molecule is CC[C@@H](C)N(CC(=O)N1CCc2sccc2[C@@H]1COc1ccc(Cl)cc1)C(C)=O. The average Bonchev–Trinajstić information content (AvgIpc) is 3.19. The number of thiophene rings is 1. The Morgan fingerprint density at radius 3 is 2.69 bits per heavy atom. The molecule has 1 aromatic carbocycles. The number of carbonyl (C=O) groups excluding carboxylic acids is 2. The fourth-order valence-corrected chi connectivity index (χ4v) is 4.67. The molecule has 0 aliphatic carbocycles. The van der Waals surface area contributed by atoms with E-state index in [2.05, 4.69) is 11.4 Å². The topological polar surface area (TPSA) is 49.9 Å². The lowest BCUT2D eigenvalue weighted by Crippen LogP contribution is -2.49. The summed E-state index contributed by atoms with van der Waals surface area (Å²) in [6.45, 7) is 6.61. The van der Waals surface area contributed by atoms with Gasteiger partial charge in [0.25, 0.3) is 0 Å². The molecule has 0 spiro atoms. The molecule has 2 amide bonds. The highest BCUT2D eigenvalue weighted by Crippen LogP contribution is 2.34. The second kappa shape index (κ2) is 9.63. The molecule has 0 fully saturated rings. The maximum Gasteiger partial charge on any atom is 0.242 e. The standard InChI is InChI=1S/C22H27ClN2O3S/c1-4-15(2)25(16(3)26)13-22(27)24-11-9-21-19(10-12-29-21)20(24)14-28-18-7-5-17(23)6-8-18/h5-8,10,12,15,20H,4,9,11,13-14H2,1-3H3/t15-,20+/m1/s1. The van der Waals surface area contributed by atoms with Crippen LogP contribution in [0.4, 0.5) is 0 Å². The summed E-state index contributed by atoms with van der Waals surface area (Å²) in [5.74, 6) is 0.603. The van der Waals surface area contributed by atoms with Gasteiger partial charge in [-0.05, 0) is 61.0 Å². The number of benzene rings is 1. The van der Waals surface area contributed by atoms with Gasteiger partial charge in [-0.25, -0.2) is 0 Å². The highest BCUT2D eigenvalue weighted by Gasteiger charge is 2.33. The van der Waals surface area contributed by atoms with Crippen LogP contribution >= 0.6 is 22.9 Å². The van der Waals surface area contributed by atoms with Crippen LogP contribution in [0.25, 0.3) is 0 Å². The van der Waals surface area contributed by atoms with E-state index in [0.717, 1.165) is 18.4 Å². The van der Waals surface area contributed by atoms with Gasteiger partial charge in [0.1, 0.15) is 12.4 Å². The number of halogens is 1. The molecule has 2 heterocycles. The zero-order valence-electron chi connectivity index (χ0n) is 17.1. The molecule has 0 unspecified atom stereocenters. The molecule has 29 heavy (non-hydrogen) atoms. The summed E-state index contributed by atoms with van der Waals surface area (Å²) in [7, 11) is 0. The van der Waals surface area contributed by atoms with Gasteiger partial charge in [-0.3, -0.25) is 9.59 Å². The molecule has 156 valence electrons. The molecule has 1 aliphatic heterocycles. The van der Waals surface area contributed by atoms with E-state index < -0.39 is 0 Å². The molecule has 2 atom stereocenters. The van der Waals surface area contributed by atoms with Crippen LogP contribution in [0.15, 0.2) is 35.7 Å². The molecule has 0 saturated carbocycles. The van der Waals surface area contributed by atoms with E-state index in [9.17, 15) is 9.59 Å². The van der Waals surface area contributed by atoms with Crippen LogP contribution in [-0.2, 0) is 16.0 Å². The van der Waals surface area contributed by atoms with E-state index in [4.69, 9.17) is 16.3 Å². The summed E-state index contributed by atoms with van der Waals surface area (Å²) in [6, 6.07) is 9.16. The van der Waals surface area contributed by atoms with Crippen molar-refractivity contribution in [1.29, 1.82) is 0 Å². The van der Waals surface area contributed by atoms with Crippen molar-refractivity contribution in [2.24, 2.45) is 0 Å². The molecule has 0 bridgehead atoms. The molecule has 1 aliphatic rings. The number of carbonyl (C=O) groups is 2. The van der Waals surface area contributed by atoms with Gasteiger partial charge in [0.2, 0.25) is 11.8 Å². The monoisotopic (exact) mass is 434 g/mol. The number of amides is 2. The molecule has 5 nitrogen and oxygen atoms in total. The third-order valence-electron chi connectivity index (χ3n) is 5.47. The van der Waals surface area contributed by atoms with Crippen molar-refractivity contribution in [3.05, 3.63) is 51.2 Å². The van der Waals surface area contributed by atoms with E-state index in [1.807, 2.05) is 30.9 Å². The van der Waals surface area contributed by atoms with Gasteiger partial charge in [-0.2, -0.15) is 0 Å². The Morgan fingerprint density at radius 2 is 2.03 bits per heavy atom. The highest BCUT2D eigenvalue weighted by atomic mass is 35.5. The van der Waals surface area contributed by atoms with Crippen LogP contribution < -0.4 is 4.74 Å². The van der Waals surface area contributed by atoms with Crippen LogP contribution in [-0.4, -0.2) is 47.4 Å².